The van der Waals surface area contributed by atoms with Crippen LogP contribution in [-0.2, 0) is 4.74 Å². The molecular weight excluding hydrogens is 152 g/mol. The van der Waals surface area contributed by atoms with Gasteiger partial charge in [-0.3, -0.25) is 0 Å². The van der Waals surface area contributed by atoms with Gasteiger partial charge in [0.1, 0.15) is 5.60 Å². The molecule has 2 atom stereocenters. The zero-order chi connectivity index (χ0) is 8.98. The quantitative estimate of drug-likeness (QED) is 0.439. The fourth-order valence-electron chi connectivity index (χ4n) is 2.39. The Morgan fingerprint density at radius 1 is 1.58 bits per heavy atom. The molecule has 68 valence electrons. The highest BCUT2D eigenvalue weighted by Crippen LogP contribution is 2.54. The van der Waals surface area contributed by atoms with Crippen LogP contribution >= 0.6 is 0 Å². The smallest absolute Gasteiger partial charge is 0.118 e. The molecular formula is C10H16O2. The molecule has 1 fully saturated rings. The summed E-state index contributed by atoms with van der Waals surface area (Å²) in [7, 11) is 0. The van der Waals surface area contributed by atoms with Crippen molar-refractivity contribution in [3.63, 3.8) is 0 Å². The molecule has 0 saturated carbocycles. The molecule has 1 heterocycles. The van der Waals surface area contributed by atoms with Gasteiger partial charge in [-0.1, -0.05) is 19.9 Å². The maximum absolute atomic E-state index is 9.54. The molecule has 2 aliphatic rings. The summed E-state index contributed by atoms with van der Waals surface area (Å²) in [5.74, 6) is 0. The van der Waals surface area contributed by atoms with Crippen LogP contribution in [-0.4, -0.2) is 23.4 Å². The van der Waals surface area contributed by atoms with Gasteiger partial charge >= 0.3 is 0 Å². The van der Waals surface area contributed by atoms with Crippen molar-refractivity contribution in [2.75, 3.05) is 6.61 Å². The molecule has 2 unspecified atom stereocenters. The molecule has 1 spiro atoms. The fourth-order valence-corrected chi connectivity index (χ4v) is 2.39. The van der Waals surface area contributed by atoms with Gasteiger partial charge in [-0.05, 0) is 18.9 Å². The van der Waals surface area contributed by atoms with Crippen LogP contribution in [0.15, 0.2) is 11.6 Å². The van der Waals surface area contributed by atoms with E-state index in [0.717, 1.165) is 13.0 Å². The van der Waals surface area contributed by atoms with Gasteiger partial charge in [-0.25, -0.2) is 0 Å². The number of ether oxygens (including phenoxy) is 1. The molecule has 2 rings (SSSR count). The molecule has 12 heavy (non-hydrogen) atoms. The first-order chi connectivity index (χ1) is 5.48. The highest BCUT2D eigenvalue weighted by atomic mass is 16.6. The summed E-state index contributed by atoms with van der Waals surface area (Å²) in [4.78, 5) is 0. The van der Waals surface area contributed by atoms with Gasteiger partial charge < -0.3 is 9.84 Å². The van der Waals surface area contributed by atoms with Gasteiger partial charge in [0.05, 0.1) is 12.7 Å². The molecule has 1 aliphatic carbocycles. The van der Waals surface area contributed by atoms with Gasteiger partial charge in [0.25, 0.3) is 0 Å². The summed E-state index contributed by atoms with van der Waals surface area (Å²) in [6, 6.07) is 0. The number of hydrogen-bond acceptors (Lipinski definition) is 2. The van der Waals surface area contributed by atoms with Crippen molar-refractivity contribution in [3.05, 3.63) is 11.6 Å². The second-order valence-electron chi connectivity index (χ2n) is 4.62. The van der Waals surface area contributed by atoms with E-state index in [2.05, 4.69) is 20.8 Å². The van der Waals surface area contributed by atoms with E-state index in [1.165, 1.54) is 5.57 Å². The Balaban J connectivity index is 2.37. The van der Waals surface area contributed by atoms with Gasteiger partial charge in [-0.2, -0.15) is 0 Å². The third-order valence-electron chi connectivity index (χ3n) is 3.33. The lowest BCUT2D eigenvalue weighted by Crippen LogP contribution is -2.40. The van der Waals surface area contributed by atoms with Crippen molar-refractivity contribution < 1.29 is 9.84 Å². The molecule has 0 aromatic carbocycles. The van der Waals surface area contributed by atoms with Crippen molar-refractivity contribution in [1.29, 1.82) is 0 Å². The fraction of sp³-hybridized carbons (Fsp3) is 0.800. The molecule has 0 aromatic heterocycles. The molecule has 2 nitrogen and oxygen atoms in total. The minimum Gasteiger partial charge on any atom is -0.389 e. The normalized spacial score (nSPS) is 44.3. The van der Waals surface area contributed by atoms with E-state index in [9.17, 15) is 5.11 Å². The van der Waals surface area contributed by atoms with Crippen LogP contribution in [0.1, 0.15) is 27.2 Å². The van der Waals surface area contributed by atoms with Crippen LogP contribution in [0.5, 0.6) is 0 Å². The predicted molar refractivity (Wildman–Crippen MR) is 46.8 cm³/mol. The minimum absolute atomic E-state index is 0.0355. The molecule has 0 aromatic rings. The SMILES string of the molecule is CC1=CC(O)CC(C)(C)C12CO2. The number of epoxide rings is 1. The lowest BCUT2D eigenvalue weighted by molar-refractivity contribution is 0.0765. The first-order valence-electron chi connectivity index (χ1n) is 4.49. The van der Waals surface area contributed by atoms with Gasteiger partial charge in [0.15, 0.2) is 0 Å². The summed E-state index contributed by atoms with van der Waals surface area (Å²) < 4.78 is 5.53. The Morgan fingerprint density at radius 2 is 2.17 bits per heavy atom. The largest absolute Gasteiger partial charge is 0.389 e. The number of aliphatic hydroxyl groups is 1. The Labute approximate surface area is 73.2 Å². The standard InChI is InChI=1S/C10H16O2/c1-7-4-8(11)5-9(2,3)10(7)6-12-10/h4,8,11H,5-6H2,1-3H3. The van der Waals surface area contributed by atoms with Crippen LogP contribution in [0.25, 0.3) is 0 Å². The van der Waals surface area contributed by atoms with Crippen LogP contribution in [0.2, 0.25) is 0 Å². The second kappa shape index (κ2) is 2.12. The second-order valence-corrected chi connectivity index (χ2v) is 4.62. The summed E-state index contributed by atoms with van der Waals surface area (Å²) in [6.07, 6.45) is 2.46. The van der Waals surface area contributed by atoms with Gasteiger partial charge in [0, 0.05) is 5.41 Å². The third kappa shape index (κ3) is 0.882. The minimum atomic E-state index is -0.283. The van der Waals surface area contributed by atoms with Crippen LogP contribution in [0.4, 0.5) is 0 Å². The first-order valence-corrected chi connectivity index (χ1v) is 4.49. The van der Waals surface area contributed by atoms with Crippen molar-refractivity contribution in [3.8, 4) is 0 Å². The van der Waals surface area contributed by atoms with Crippen LogP contribution < -0.4 is 0 Å². The monoisotopic (exact) mass is 168 g/mol. The van der Waals surface area contributed by atoms with Gasteiger partial charge in [-0.15, -0.1) is 0 Å². The highest BCUT2D eigenvalue weighted by Gasteiger charge is 2.59. The topological polar surface area (TPSA) is 32.8 Å². The van der Waals surface area contributed by atoms with Crippen molar-refractivity contribution >= 4 is 0 Å². The average molecular weight is 168 g/mol. The maximum Gasteiger partial charge on any atom is 0.118 e. The highest BCUT2D eigenvalue weighted by molar-refractivity contribution is 5.31. The maximum atomic E-state index is 9.54. The van der Waals surface area contributed by atoms with E-state index in [4.69, 9.17) is 4.74 Å². The van der Waals surface area contributed by atoms with E-state index in [1.807, 2.05) is 6.08 Å². The summed E-state index contributed by atoms with van der Waals surface area (Å²) in [5.41, 5.74) is 1.25. The van der Waals surface area contributed by atoms with Crippen LogP contribution in [0.3, 0.4) is 0 Å². The van der Waals surface area contributed by atoms with E-state index < -0.39 is 0 Å². The molecule has 0 radical (unpaired) electrons. The lowest BCUT2D eigenvalue weighted by Gasteiger charge is -2.38. The van der Waals surface area contributed by atoms with E-state index in [-0.39, 0.29) is 17.1 Å². The Kier molecular flexibility index (Phi) is 1.46. The molecule has 1 aliphatic heterocycles. The summed E-state index contributed by atoms with van der Waals surface area (Å²) in [6.45, 7) is 7.21. The van der Waals surface area contributed by atoms with E-state index >= 15 is 0 Å². The molecule has 1 N–H and O–H groups in total. The molecule has 1 saturated heterocycles. The van der Waals surface area contributed by atoms with Crippen molar-refractivity contribution in [2.24, 2.45) is 5.41 Å². The van der Waals surface area contributed by atoms with E-state index in [0.29, 0.717) is 0 Å². The Morgan fingerprint density at radius 3 is 2.58 bits per heavy atom. The van der Waals surface area contributed by atoms with Crippen molar-refractivity contribution in [1.82, 2.24) is 0 Å². The summed E-state index contributed by atoms with van der Waals surface area (Å²) in [5, 5.41) is 9.54. The number of hydrogen-bond donors (Lipinski definition) is 1. The number of rotatable bonds is 0. The lowest BCUT2D eigenvalue weighted by atomic mass is 9.68. The Bertz CT molecular complexity index is 236. The Hall–Kier alpha value is -0.340. The first kappa shape index (κ1) is 8.27. The predicted octanol–water partition coefficient (Wildman–Crippen LogP) is 1.49. The average Bonchev–Trinajstić information content (AvgIpc) is 2.60. The third-order valence-corrected chi connectivity index (χ3v) is 3.33. The summed E-state index contributed by atoms with van der Waals surface area (Å²) >= 11 is 0. The number of aliphatic hydroxyl groups excluding tert-OH is 1. The zero-order valence-corrected chi connectivity index (χ0v) is 7.92. The zero-order valence-electron chi connectivity index (χ0n) is 7.92. The molecule has 0 amide bonds. The van der Waals surface area contributed by atoms with Crippen molar-refractivity contribution in [2.45, 2.75) is 38.9 Å². The molecule has 0 bridgehead atoms. The van der Waals surface area contributed by atoms with E-state index in [1.54, 1.807) is 0 Å². The van der Waals surface area contributed by atoms with Gasteiger partial charge in [0.2, 0.25) is 0 Å². The molecule has 2 heteroatoms. The van der Waals surface area contributed by atoms with Crippen LogP contribution in [0, 0.1) is 5.41 Å².